The molecule has 4 aromatic rings. The minimum absolute atomic E-state index is 0.0323. The normalized spacial score (nSPS) is 37.4. The molecule has 12 aliphatic rings. The van der Waals surface area contributed by atoms with Crippen LogP contribution >= 0.6 is 0 Å². The highest BCUT2D eigenvalue weighted by molar-refractivity contribution is 5.73. The van der Waals surface area contributed by atoms with Crippen molar-refractivity contribution in [2.75, 3.05) is 17.2 Å². The molecule has 0 heterocycles. The average Bonchev–Trinajstić information content (AvgIpc) is 3.21. The maximum Gasteiger partial charge on any atom is 0.212 e. The number of nitrogen functional groups attached to an aromatic ring is 3. The van der Waals surface area contributed by atoms with E-state index in [2.05, 4.69) is 0 Å². The van der Waals surface area contributed by atoms with E-state index < -0.39 is 0 Å². The molecule has 0 unspecified atom stereocenters. The van der Waals surface area contributed by atoms with Crippen LogP contribution in [0.4, 0.5) is 17.1 Å². The summed E-state index contributed by atoms with van der Waals surface area (Å²) in [6.07, 6.45) is 22.3. The van der Waals surface area contributed by atoms with Crippen LogP contribution in [0.3, 0.4) is 0 Å². The Bertz CT molecular complexity index is 2320. The van der Waals surface area contributed by atoms with Crippen molar-refractivity contribution in [2.45, 2.75) is 132 Å². The van der Waals surface area contributed by atoms with Crippen molar-refractivity contribution in [3.8, 4) is 51.7 Å². The van der Waals surface area contributed by atoms with Crippen LogP contribution in [0.1, 0.15) is 132 Å². The predicted molar refractivity (Wildman–Crippen MR) is 244 cm³/mol. The number of benzene rings is 4. The lowest BCUT2D eigenvalue weighted by molar-refractivity contribution is -0.0255. The Kier molecular flexibility index (Phi) is 8.29. The monoisotopic (exact) mass is 849 g/mol. The smallest absolute Gasteiger partial charge is 0.212 e. The first-order valence-corrected chi connectivity index (χ1v) is 24.4. The van der Waals surface area contributed by atoms with E-state index in [1.54, 1.807) is 36.4 Å². The van der Waals surface area contributed by atoms with Crippen molar-refractivity contribution < 1.29 is 29.5 Å². The number of aromatic hydroxyl groups is 3. The highest BCUT2D eigenvalue weighted by Crippen LogP contribution is 2.73. The van der Waals surface area contributed by atoms with Gasteiger partial charge in [0.2, 0.25) is 5.75 Å². The number of phenols is 3. The molecule has 0 saturated heterocycles. The fourth-order valence-electron chi connectivity index (χ4n) is 17.9. The summed E-state index contributed by atoms with van der Waals surface area (Å²) in [4.78, 5) is 0. The molecule has 0 atom stereocenters. The lowest BCUT2D eigenvalue weighted by Gasteiger charge is -2.63. The second-order valence-electron chi connectivity index (χ2n) is 23.2. The third-order valence-corrected chi connectivity index (χ3v) is 18.7. The number of nitrogens with two attached hydrogens (primary N) is 3. The predicted octanol–water partition coefficient (Wildman–Crippen LogP) is 12.3. The largest absolute Gasteiger partial charge is 0.506 e. The summed E-state index contributed by atoms with van der Waals surface area (Å²) < 4.78 is 22.4. The minimum atomic E-state index is -0.130. The third kappa shape index (κ3) is 6.06. The SMILES string of the molecule is Nc1ccc(Oc2c(Oc3ccc(N)c(O)c3)c(C34CC5CC(CC(C5)C3)C4)c(C34CC5CC(CC(C5)C3)C4)c(C34CC5CC(CC(C5)C3)C4)c2Oc2ccc(N)c(O)c2)cc1O. The van der Waals surface area contributed by atoms with Crippen LogP contribution in [0.25, 0.3) is 0 Å². The molecule has 0 amide bonds. The quantitative estimate of drug-likeness (QED) is 0.0710. The van der Waals surface area contributed by atoms with E-state index in [4.69, 9.17) is 31.4 Å². The second kappa shape index (κ2) is 13.6. The molecular formula is C54H63N3O6. The first kappa shape index (κ1) is 38.5. The minimum Gasteiger partial charge on any atom is -0.506 e. The van der Waals surface area contributed by atoms with E-state index in [0.29, 0.717) is 87.8 Å². The van der Waals surface area contributed by atoms with E-state index in [9.17, 15) is 15.3 Å². The summed E-state index contributed by atoms with van der Waals surface area (Å²) in [6, 6.07) is 15.5. The molecule has 0 aliphatic heterocycles. The van der Waals surface area contributed by atoms with E-state index in [1.807, 2.05) is 18.2 Å². The number of hydrogen-bond donors (Lipinski definition) is 6. The van der Waals surface area contributed by atoms with Gasteiger partial charge in [0.05, 0.1) is 17.1 Å². The molecule has 12 fully saturated rings. The van der Waals surface area contributed by atoms with E-state index in [-0.39, 0.29) is 50.6 Å². The van der Waals surface area contributed by atoms with Gasteiger partial charge in [-0.25, -0.2) is 0 Å². The molecule has 63 heavy (non-hydrogen) atoms. The molecular weight excluding hydrogens is 787 g/mol. The summed E-state index contributed by atoms with van der Waals surface area (Å²) >= 11 is 0. The number of phenolic OH excluding ortho intramolecular Hbond substituents is 3. The van der Waals surface area contributed by atoms with Crippen LogP contribution in [0, 0.1) is 53.3 Å². The van der Waals surface area contributed by atoms with Crippen LogP contribution in [0.2, 0.25) is 0 Å². The Morgan fingerprint density at radius 3 is 0.841 bits per heavy atom. The molecule has 330 valence electrons. The van der Waals surface area contributed by atoms with Crippen LogP contribution < -0.4 is 31.4 Å². The van der Waals surface area contributed by atoms with Gasteiger partial charge in [0, 0.05) is 40.2 Å². The number of hydrogen-bond acceptors (Lipinski definition) is 9. The zero-order chi connectivity index (χ0) is 42.6. The Balaban J connectivity index is 1.18. The molecule has 9 heteroatoms. The maximum atomic E-state index is 11.2. The Hall–Kier alpha value is -4.92. The lowest BCUT2D eigenvalue weighted by atomic mass is 9.41. The van der Waals surface area contributed by atoms with Crippen molar-refractivity contribution in [1.29, 1.82) is 0 Å². The molecule has 12 aliphatic carbocycles. The van der Waals surface area contributed by atoms with Gasteiger partial charge in [-0.2, -0.15) is 0 Å². The van der Waals surface area contributed by atoms with Gasteiger partial charge in [-0.05, 0) is 216 Å². The molecule has 0 aromatic heterocycles. The summed E-state index contributed by atoms with van der Waals surface area (Å²) in [5, 5.41) is 33.4. The third-order valence-electron chi connectivity index (χ3n) is 18.7. The van der Waals surface area contributed by atoms with Gasteiger partial charge in [-0.3, -0.25) is 0 Å². The van der Waals surface area contributed by atoms with Crippen molar-refractivity contribution in [3.05, 3.63) is 71.3 Å². The first-order chi connectivity index (χ1) is 30.4. The van der Waals surface area contributed by atoms with Crippen molar-refractivity contribution >= 4 is 17.1 Å². The van der Waals surface area contributed by atoms with Gasteiger partial charge in [0.15, 0.2) is 11.5 Å². The van der Waals surface area contributed by atoms with Crippen LogP contribution in [-0.2, 0) is 16.2 Å². The van der Waals surface area contributed by atoms with Crippen molar-refractivity contribution in [1.82, 2.24) is 0 Å². The molecule has 0 spiro atoms. The standard InChI is InChI=1S/C54H63N3O6/c55-40-4-1-37(16-43(40)58)61-49-47(53-22-31-10-32(23-53)12-33(11-31)24-53)46(52-19-28-7-29(20-52)9-30(8-28)21-52)48(54-25-34-13-35(26-54)15-36(14-34)27-54)50(62-38-2-5-41(56)44(59)17-38)51(49)63-39-3-6-42(57)45(60)18-39/h1-6,16-18,28-36,58-60H,7-15,19-27,55-57H2. The van der Waals surface area contributed by atoms with Crippen molar-refractivity contribution in [3.63, 3.8) is 0 Å². The van der Waals surface area contributed by atoms with E-state index in [1.165, 1.54) is 93.7 Å². The molecule has 9 nitrogen and oxygen atoms in total. The number of rotatable bonds is 9. The summed E-state index contributed by atoms with van der Waals surface area (Å²) in [5.74, 6) is 9.19. The molecule has 0 radical (unpaired) electrons. The lowest BCUT2D eigenvalue weighted by Crippen LogP contribution is -2.55. The molecule has 12 bridgehead atoms. The summed E-state index contributed by atoms with van der Waals surface area (Å²) in [7, 11) is 0. The van der Waals surface area contributed by atoms with Gasteiger partial charge in [0.1, 0.15) is 34.5 Å². The highest BCUT2D eigenvalue weighted by Gasteiger charge is 2.62. The van der Waals surface area contributed by atoms with Crippen LogP contribution in [0.5, 0.6) is 51.7 Å². The molecule has 9 N–H and O–H groups in total. The topological polar surface area (TPSA) is 166 Å². The highest BCUT2D eigenvalue weighted by atomic mass is 16.5. The van der Waals surface area contributed by atoms with Gasteiger partial charge in [-0.1, -0.05) is 0 Å². The Morgan fingerprint density at radius 1 is 0.349 bits per heavy atom. The van der Waals surface area contributed by atoms with Crippen LogP contribution in [-0.4, -0.2) is 15.3 Å². The molecule has 16 rings (SSSR count). The van der Waals surface area contributed by atoms with E-state index >= 15 is 0 Å². The fraction of sp³-hybridized carbons (Fsp3) is 0.556. The van der Waals surface area contributed by atoms with E-state index in [0.717, 1.165) is 38.5 Å². The van der Waals surface area contributed by atoms with Gasteiger partial charge in [0.25, 0.3) is 0 Å². The van der Waals surface area contributed by atoms with Crippen LogP contribution in [0.15, 0.2) is 54.6 Å². The molecule has 12 saturated carbocycles. The number of ether oxygens (including phenoxy) is 3. The number of anilines is 3. The Labute approximate surface area is 370 Å². The van der Waals surface area contributed by atoms with Gasteiger partial charge in [-0.15, -0.1) is 0 Å². The van der Waals surface area contributed by atoms with Crippen molar-refractivity contribution in [2.24, 2.45) is 53.3 Å². The summed E-state index contributed by atoms with van der Waals surface area (Å²) in [6.45, 7) is 0. The zero-order valence-electron chi connectivity index (χ0n) is 36.4. The maximum absolute atomic E-state index is 11.2. The first-order valence-electron chi connectivity index (χ1n) is 24.4. The molecule has 4 aromatic carbocycles. The van der Waals surface area contributed by atoms with Gasteiger partial charge < -0.3 is 46.7 Å². The fourth-order valence-corrected chi connectivity index (χ4v) is 17.9. The van der Waals surface area contributed by atoms with Gasteiger partial charge >= 0.3 is 0 Å². The average molecular weight is 850 g/mol. The second-order valence-corrected chi connectivity index (χ2v) is 23.2. The summed E-state index contributed by atoms with van der Waals surface area (Å²) in [5.41, 5.74) is 23.5. The zero-order valence-corrected chi connectivity index (χ0v) is 36.4. The Morgan fingerprint density at radius 2 is 0.587 bits per heavy atom.